The molecule has 1 heterocycles. The van der Waals surface area contributed by atoms with Crippen LogP contribution in [0.3, 0.4) is 0 Å². The van der Waals surface area contributed by atoms with E-state index < -0.39 is 17.1 Å². The average molecular weight is 346 g/mol. The second-order valence-electron chi connectivity index (χ2n) is 5.13. The molecule has 1 aromatic heterocycles. The van der Waals surface area contributed by atoms with Gasteiger partial charge in [-0.15, -0.1) is 0 Å². The summed E-state index contributed by atoms with van der Waals surface area (Å²) in [5.41, 5.74) is 2.93. The minimum atomic E-state index is -2.05. The molecule has 0 bridgehead atoms. The first-order valence-electron chi connectivity index (χ1n) is 7.14. The van der Waals surface area contributed by atoms with Gasteiger partial charge in [0.1, 0.15) is 11.6 Å². The van der Waals surface area contributed by atoms with Gasteiger partial charge in [0.05, 0.1) is 12.6 Å². The van der Waals surface area contributed by atoms with Gasteiger partial charge in [-0.05, 0) is 22.8 Å². The lowest BCUT2D eigenvalue weighted by Crippen LogP contribution is -2.15. The van der Waals surface area contributed by atoms with Gasteiger partial charge in [0.2, 0.25) is 11.3 Å². The summed E-state index contributed by atoms with van der Waals surface area (Å²) in [6.45, 7) is 0.270. The third-order valence-corrected chi connectivity index (χ3v) is 4.06. The van der Waals surface area contributed by atoms with Gasteiger partial charge in [-0.2, -0.15) is 0 Å². The number of ether oxygens (including phenoxy) is 1. The second-order valence-corrected chi connectivity index (χ2v) is 5.92. The van der Waals surface area contributed by atoms with Crippen LogP contribution in [-0.2, 0) is 17.8 Å². The number of pyridine rings is 1. The van der Waals surface area contributed by atoms with Crippen LogP contribution in [0.4, 0.5) is 4.39 Å². The van der Waals surface area contributed by atoms with Gasteiger partial charge in [0.25, 0.3) is 0 Å². The van der Waals surface area contributed by atoms with Crippen molar-refractivity contribution in [3.8, 4) is 16.9 Å². The van der Waals surface area contributed by atoms with Gasteiger partial charge in [-0.25, -0.2) is 13.3 Å². The predicted molar refractivity (Wildman–Crippen MR) is 91.3 cm³/mol. The number of nitrogens with one attached hydrogen (secondary N) is 1. The molecule has 24 heavy (non-hydrogen) atoms. The average Bonchev–Trinajstić information content (AvgIpc) is 2.59. The van der Waals surface area contributed by atoms with Crippen LogP contribution in [0.25, 0.3) is 22.0 Å². The highest BCUT2D eigenvalue weighted by atomic mass is 32.2. The zero-order chi connectivity index (χ0) is 17.1. The molecule has 0 spiro atoms. The summed E-state index contributed by atoms with van der Waals surface area (Å²) in [6.07, 6.45) is 1.63. The fourth-order valence-corrected chi connectivity index (χ4v) is 2.81. The number of methoxy groups -OCH3 is 1. The van der Waals surface area contributed by atoms with E-state index in [1.807, 2.05) is 24.3 Å². The van der Waals surface area contributed by atoms with Gasteiger partial charge in [0.15, 0.2) is 0 Å². The van der Waals surface area contributed by atoms with E-state index >= 15 is 0 Å². The van der Waals surface area contributed by atoms with Crippen molar-refractivity contribution in [1.29, 1.82) is 0 Å². The van der Waals surface area contributed by atoms with Crippen molar-refractivity contribution in [1.82, 2.24) is 9.71 Å². The maximum atomic E-state index is 14.5. The molecule has 7 heteroatoms. The number of rotatable bonds is 5. The molecule has 1 atom stereocenters. The van der Waals surface area contributed by atoms with Crippen molar-refractivity contribution in [2.75, 3.05) is 7.11 Å². The highest BCUT2D eigenvalue weighted by Crippen LogP contribution is 2.32. The number of hydrogen-bond donors (Lipinski definition) is 2. The summed E-state index contributed by atoms with van der Waals surface area (Å²) in [4.78, 5) is 4.21. The minimum absolute atomic E-state index is 0.270. The van der Waals surface area contributed by atoms with Crippen molar-refractivity contribution >= 4 is 22.2 Å². The molecule has 3 aromatic rings. The number of halogens is 1. The zero-order valence-electron chi connectivity index (χ0n) is 12.8. The molecule has 5 nitrogen and oxygen atoms in total. The van der Waals surface area contributed by atoms with Crippen LogP contribution in [-0.4, -0.2) is 20.9 Å². The van der Waals surface area contributed by atoms with E-state index in [-0.39, 0.29) is 6.54 Å². The normalized spacial score (nSPS) is 12.3. The molecular formula is C17H15FN2O3S. The molecule has 0 saturated heterocycles. The summed E-state index contributed by atoms with van der Waals surface area (Å²) >= 11 is -2.05. The van der Waals surface area contributed by atoms with E-state index in [9.17, 15) is 8.60 Å². The van der Waals surface area contributed by atoms with Crippen LogP contribution >= 0.6 is 0 Å². The summed E-state index contributed by atoms with van der Waals surface area (Å²) < 4.78 is 41.4. The number of fused-ring (bicyclic) bond motifs is 1. The third kappa shape index (κ3) is 3.43. The van der Waals surface area contributed by atoms with E-state index in [1.54, 1.807) is 18.3 Å². The maximum absolute atomic E-state index is 14.5. The molecule has 0 amide bonds. The van der Waals surface area contributed by atoms with Gasteiger partial charge >= 0.3 is 0 Å². The highest BCUT2D eigenvalue weighted by Gasteiger charge is 2.11. The van der Waals surface area contributed by atoms with E-state index in [1.165, 1.54) is 13.2 Å². The van der Waals surface area contributed by atoms with Gasteiger partial charge < -0.3 is 4.74 Å². The Bertz CT molecular complexity index is 900. The molecule has 0 aliphatic heterocycles. The standard InChI is InChI=1S/C17H15FN2O3S/c1-23-13-8-15(18)17-14(6-7-19-16(17)9-13)12-4-2-11(3-5-12)10-20-24(21)22/h2-9,20H,10H2,1H3,(H,21,22). The summed E-state index contributed by atoms with van der Waals surface area (Å²) in [5, 5.41) is 0.431. The zero-order valence-corrected chi connectivity index (χ0v) is 13.6. The molecule has 2 N–H and O–H groups in total. The topological polar surface area (TPSA) is 71.5 Å². The van der Waals surface area contributed by atoms with E-state index in [0.29, 0.717) is 16.7 Å². The molecule has 0 aliphatic rings. The number of hydrogen-bond acceptors (Lipinski definition) is 3. The van der Waals surface area contributed by atoms with Crippen molar-refractivity contribution in [2.24, 2.45) is 0 Å². The van der Waals surface area contributed by atoms with E-state index in [4.69, 9.17) is 9.29 Å². The Labute approximate surface area is 140 Å². The van der Waals surface area contributed by atoms with E-state index in [0.717, 1.165) is 16.7 Å². The lowest BCUT2D eigenvalue weighted by molar-refractivity contribution is 0.412. The smallest absolute Gasteiger partial charge is 0.232 e. The molecule has 0 saturated carbocycles. The fraction of sp³-hybridized carbons (Fsp3) is 0.118. The van der Waals surface area contributed by atoms with Gasteiger partial charge in [-0.3, -0.25) is 9.54 Å². The molecule has 2 aromatic carbocycles. The number of benzene rings is 2. The largest absolute Gasteiger partial charge is 0.497 e. The van der Waals surface area contributed by atoms with Crippen LogP contribution in [0.15, 0.2) is 48.7 Å². The Kier molecular flexibility index (Phi) is 4.84. The van der Waals surface area contributed by atoms with Crippen molar-refractivity contribution < 1.29 is 17.9 Å². The van der Waals surface area contributed by atoms with Crippen LogP contribution in [0, 0.1) is 5.82 Å². The van der Waals surface area contributed by atoms with Crippen LogP contribution < -0.4 is 9.46 Å². The molecule has 0 fully saturated rings. The Hall–Kier alpha value is -2.35. The molecule has 3 rings (SSSR count). The Balaban J connectivity index is 2.01. The van der Waals surface area contributed by atoms with Crippen LogP contribution in [0.1, 0.15) is 5.56 Å². The first-order chi connectivity index (χ1) is 11.6. The monoisotopic (exact) mass is 346 g/mol. The highest BCUT2D eigenvalue weighted by molar-refractivity contribution is 7.77. The van der Waals surface area contributed by atoms with E-state index in [2.05, 4.69) is 9.71 Å². The Morgan fingerprint density at radius 1 is 1.25 bits per heavy atom. The molecule has 124 valence electrons. The lowest BCUT2D eigenvalue weighted by Gasteiger charge is -2.10. The van der Waals surface area contributed by atoms with Crippen LogP contribution in [0.2, 0.25) is 0 Å². The summed E-state index contributed by atoms with van der Waals surface area (Å²) in [5.74, 6) is 0.0250. The van der Waals surface area contributed by atoms with Crippen molar-refractivity contribution in [2.45, 2.75) is 6.54 Å². The number of nitrogens with zero attached hydrogens (tertiary/aromatic N) is 1. The summed E-state index contributed by atoms with van der Waals surface area (Å²) in [7, 11) is 1.48. The minimum Gasteiger partial charge on any atom is -0.497 e. The third-order valence-electron chi connectivity index (χ3n) is 3.67. The first kappa shape index (κ1) is 16.5. The molecule has 0 radical (unpaired) electrons. The van der Waals surface area contributed by atoms with Gasteiger partial charge in [-0.1, -0.05) is 24.3 Å². The Morgan fingerprint density at radius 2 is 2.00 bits per heavy atom. The molecule has 1 unspecified atom stereocenters. The SMILES string of the molecule is COc1cc(F)c2c(-c3ccc(CNS(=O)O)cc3)ccnc2c1. The van der Waals surface area contributed by atoms with Crippen LogP contribution in [0.5, 0.6) is 5.75 Å². The first-order valence-corrected chi connectivity index (χ1v) is 8.25. The molecular weight excluding hydrogens is 331 g/mol. The Morgan fingerprint density at radius 3 is 2.67 bits per heavy atom. The predicted octanol–water partition coefficient (Wildman–Crippen LogP) is 3.28. The second kappa shape index (κ2) is 7.04. The van der Waals surface area contributed by atoms with Gasteiger partial charge in [0, 0.05) is 30.3 Å². The lowest BCUT2D eigenvalue weighted by atomic mass is 9.99. The van der Waals surface area contributed by atoms with Crippen molar-refractivity contribution in [3.63, 3.8) is 0 Å². The summed E-state index contributed by atoms with van der Waals surface area (Å²) in [6, 6.07) is 12.1. The van der Waals surface area contributed by atoms with Crippen molar-refractivity contribution in [3.05, 3.63) is 60.0 Å². The fourth-order valence-electron chi connectivity index (χ4n) is 2.52. The molecule has 0 aliphatic carbocycles. The number of aromatic nitrogens is 1. The maximum Gasteiger partial charge on any atom is 0.232 e. The quantitative estimate of drug-likeness (QED) is 0.696.